The highest BCUT2D eigenvalue weighted by Gasteiger charge is 2.34. The van der Waals surface area contributed by atoms with Gasteiger partial charge < -0.3 is 10.1 Å². The van der Waals surface area contributed by atoms with Crippen LogP contribution in [0.15, 0.2) is 41.3 Å². The monoisotopic (exact) mass is 470 g/mol. The molecule has 0 radical (unpaired) electrons. The van der Waals surface area contributed by atoms with Crippen molar-refractivity contribution in [2.75, 3.05) is 25.5 Å². The third-order valence-corrected chi connectivity index (χ3v) is 7.47. The molecular weight excluding hydrogens is 447 g/mol. The zero-order valence-corrected chi connectivity index (χ0v) is 19.3. The molecule has 0 aromatic heterocycles. The van der Waals surface area contributed by atoms with Crippen LogP contribution in [0.1, 0.15) is 30.6 Å². The number of rotatable bonds is 5. The predicted octanol–water partition coefficient (Wildman–Crippen LogP) is 4.92. The number of nitrogens with one attached hydrogen (secondary N) is 1. The number of amides is 1. The van der Waals surface area contributed by atoms with E-state index in [-0.39, 0.29) is 28.0 Å². The number of carbonyl (C=O) groups is 1. The lowest BCUT2D eigenvalue weighted by atomic mass is 9.94. The molecule has 2 atom stereocenters. The molecule has 2 aromatic carbocycles. The molecule has 0 aliphatic carbocycles. The van der Waals surface area contributed by atoms with Gasteiger partial charge in [-0.1, -0.05) is 37.0 Å². The topological polar surface area (TPSA) is 75.7 Å². The van der Waals surface area contributed by atoms with Crippen LogP contribution in [0, 0.1) is 11.8 Å². The molecule has 1 aliphatic heterocycles. The fraction of sp³-hybridized carbons (Fsp3) is 0.381. The first kappa shape index (κ1) is 22.9. The SMILES string of the molecule is COc1ccc(C(=O)Nc2cc(Cl)ccc2Cl)cc1S(=O)(=O)N1C[C@H](C)C[C@@H](C)C1. The Hall–Kier alpha value is -1.80. The second-order valence-corrected chi connectivity index (χ2v) is 10.5. The summed E-state index contributed by atoms with van der Waals surface area (Å²) in [5.41, 5.74) is 0.511. The summed E-state index contributed by atoms with van der Waals surface area (Å²) in [5, 5.41) is 3.41. The first-order valence-electron chi connectivity index (χ1n) is 9.56. The van der Waals surface area contributed by atoms with Crippen LogP contribution in [0.3, 0.4) is 0 Å². The number of halogens is 2. The van der Waals surface area contributed by atoms with Crippen LogP contribution in [0.2, 0.25) is 10.0 Å². The first-order chi connectivity index (χ1) is 14.1. The Morgan fingerprint density at radius 3 is 2.40 bits per heavy atom. The lowest BCUT2D eigenvalue weighted by molar-refractivity contribution is 0.102. The molecule has 1 aliphatic rings. The van der Waals surface area contributed by atoms with E-state index in [2.05, 4.69) is 5.32 Å². The number of hydrogen-bond donors (Lipinski definition) is 1. The Morgan fingerprint density at radius 2 is 1.77 bits per heavy atom. The molecule has 0 unspecified atom stereocenters. The molecule has 6 nitrogen and oxygen atoms in total. The van der Waals surface area contributed by atoms with E-state index in [0.29, 0.717) is 28.8 Å². The summed E-state index contributed by atoms with van der Waals surface area (Å²) in [4.78, 5) is 12.7. The molecule has 0 bridgehead atoms. The van der Waals surface area contributed by atoms with Crippen LogP contribution in [0.25, 0.3) is 0 Å². The van der Waals surface area contributed by atoms with Gasteiger partial charge >= 0.3 is 0 Å². The maximum Gasteiger partial charge on any atom is 0.255 e. The normalized spacial score (nSPS) is 20.0. The molecular formula is C21H24Cl2N2O4S. The highest BCUT2D eigenvalue weighted by atomic mass is 35.5. The molecule has 9 heteroatoms. The standard InChI is InChI=1S/C21H24Cl2N2O4S/c1-13-8-14(2)12-25(11-13)30(27,28)20-9-15(4-7-19(20)29-3)21(26)24-18-10-16(22)5-6-17(18)23/h4-7,9-10,13-14H,8,11-12H2,1-3H3,(H,24,26)/t13-,14-/m1/s1. The van der Waals surface area contributed by atoms with Crippen LogP contribution < -0.4 is 10.1 Å². The minimum Gasteiger partial charge on any atom is -0.495 e. The van der Waals surface area contributed by atoms with E-state index in [9.17, 15) is 13.2 Å². The van der Waals surface area contributed by atoms with Crippen molar-refractivity contribution in [2.24, 2.45) is 11.8 Å². The number of piperidine rings is 1. The van der Waals surface area contributed by atoms with Gasteiger partial charge in [-0.15, -0.1) is 0 Å². The summed E-state index contributed by atoms with van der Waals surface area (Å²) in [6.45, 7) is 4.94. The van der Waals surface area contributed by atoms with Gasteiger partial charge in [0.25, 0.3) is 5.91 Å². The number of ether oxygens (including phenoxy) is 1. The number of benzene rings is 2. The van der Waals surface area contributed by atoms with Crippen LogP contribution in [-0.4, -0.2) is 38.8 Å². The van der Waals surface area contributed by atoms with Crippen molar-refractivity contribution < 1.29 is 17.9 Å². The van der Waals surface area contributed by atoms with Gasteiger partial charge in [-0.25, -0.2) is 8.42 Å². The lowest BCUT2D eigenvalue weighted by Gasteiger charge is -2.34. The van der Waals surface area contributed by atoms with E-state index in [4.69, 9.17) is 27.9 Å². The Balaban J connectivity index is 1.95. The molecule has 30 heavy (non-hydrogen) atoms. The molecule has 2 aromatic rings. The van der Waals surface area contributed by atoms with Crippen molar-refractivity contribution in [1.82, 2.24) is 4.31 Å². The number of sulfonamides is 1. The average molecular weight is 471 g/mol. The van der Waals surface area contributed by atoms with Crippen molar-refractivity contribution in [3.63, 3.8) is 0 Å². The van der Waals surface area contributed by atoms with Crippen LogP contribution in [0.5, 0.6) is 5.75 Å². The second kappa shape index (κ2) is 9.14. The van der Waals surface area contributed by atoms with Crippen LogP contribution in [0.4, 0.5) is 5.69 Å². The molecule has 0 spiro atoms. The zero-order chi connectivity index (χ0) is 22.1. The Bertz CT molecular complexity index is 1050. The molecule has 162 valence electrons. The van der Waals surface area contributed by atoms with Gasteiger partial charge in [0, 0.05) is 23.7 Å². The van der Waals surface area contributed by atoms with Crippen molar-refractivity contribution in [1.29, 1.82) is 0 Å². The average Bonchev–Trinajstić information content (AvgIpc) is 2.69. The third kappa shape index (κ3) is 4.91. The minimum atomic E-state index is -3.83. The van der Waals surface area contributed by atoms with Crippen LogP contribution in [-0.2, 0) is 10.0 Å². The van der Waals surface area contributed by atoms with Gasteiger partial charge in [0.2, 0.25) is 10.0 Å². The summed E-state index contributed by atoms with van der Waals surface area (Å²) < 4.78 is 33.5. The van der Waals surface area contributed by atoms with E-state index in [1.165, 1.54) is 35.7 Å². The molecule has 0 saturated carbocycles. The van der Waals surface area contributed by atoms with E-state index in [0.717, 1.165) is 6.42 Å². The van der Waals surface area contributed by atoms with Gasteiger partial charge in [0.15, 0.2) is 0 Å². The molecule has 1 saturated heterocycles. The van der Waals surface area contributed by atoms with Gasteiger partial charge in [0.1, 0.15) is 10.6 Å². The number of hydrogen-bond acceptors (Lipinski definition) is 4. The number of methoxy groups -OCH3 is 1. The smallest absolute Gasteiger partial charge is 0.255 e. The maximum atomic E-state index is 13.4. The molecule has 1 amide bonds. The maximum absolute atomic E-state index is 13.4. The number of carbonyl (C=O) groups excluding carboxylic acids is 1. The Labute approximate surface area is 187 Å². The van der Waals surface area contributed by atoms with Crippen molar-refractivity contribution in [3.05, 3.63) is 52.0 Å². The molecule has 1 N–H and O–H groups in total. The van der Waals surface area contributed by atoms with Crippen molar-refractivity contribution in [3.8, 4) is 5.75 Å². The van der Waals surface area contributed by atoms with E-state index in [1.807, 2.05) is 13.8 Å². The lowest BCUT2D eigenvalue weighted by Crippen LogP contribution is -2.42. The van der Waals surface area contributed by atoms with Gasteiger partial charge in [-0.3, -0.25) is 4.79 Å². The number of nitrogens with zero attached hydrogens (tertiary/aromatic N) is 1. The number of anilines is 1. The largest absolute Gasteiger partial charge is 0.495 e. The molecule has 3 rings (SSSR count). The fourth-order valence-electron chi connectivity index (χ4n) is 3.75. The van der Waals surface area contributed by atoms with E-state index in [1.54, 1.807) is 12.1 Å². The third-order valence-electron chi connectivity index (χ3n) is 5.06. The quantitative estimate of drug-likeness (QED) is 0.672. The van der Waals surface area contributed by atoms with Gasteiger partial charge in [0.05, 0.1) is 17.8 Å². The van der Waals surface area contributed by atoms with Gasteiger partial charge in [-0.05, 0) is 54.7 Å². The summed E-state index contributed by atoms with van der Waals surface area (Å²) in [6, 6.07) is 9.04. The fourth-order valence-corrected chi connectivity index (χ4v) is 5.95. The second-order valence-electron chi connectivity index (χ2n) is 7.71. The summed E-state index contributed by atoms with van der Waals surface area (Å²) in [6.07, 6.45) is 0.978. The van der Waals surface area contributed by atoms with Crippen molar-refractivity contribution in [2.45, 2.75) is 25.2 Å². The minimum absolute atomic E-state index is 0.0314. The highest BCUT2D eigenvalue weighted by molar-refractivity contribution is 7.89. The van der Waals surface area contributed by atoms with Crippen LogP contribution >= 0.6 is 23.2 Å². The van der Waals surface area contributed by atoms with Gasteiger partial charge in [-0.2, -0.15) is 4.31 Å². The summed E-state index contributed by atoms with van der Waals surface area (Å²) >= 11 is 12.1. The highest BCUT2D eigenvalue weighted by Crippen LogP contribution is 2.32. The van der Waals surface area contributed by atoms with E-state index >= 15 is 0 Å². The predicted molar refractivity (Wildman–Crippen MR) is 119 cm³/mol. The first-order valence-corrected chi connectivity index (χ1v) is 11.8. The Morgan fingerprint density at radius 1 is 1.10 bits per heavy atom. The zero-order valence-electron chi connectivity index (χ0n) is 17.0. The molecule has 1 heterocycles. The summed E-state index contributed by atoms with van der Waals surface area (Å²) in [7, 11) is -2.43. The van der Waals surface area contributed by atoms with Crippen molar-refractivity contribution >= 4 is 44.8 Å². The summed E-state index contributed by atoms with van der Waals surface area (Å²) in [5.74, 6) is 0.203. The molecule has 1 fully saturated rings. The Kier molecular flexibility index (Phi) is 6.97. The van der Waals surface area contributed by atoms with E-state index < -0.39 is 15.9 Å².